The molecule has 0 aromatic heterocycles. The van der Waals surface area contributed by atoms with Gasteiger partial charge in [-0.05, 0) is 31.5 Å². The van der Waals surface area contributed by atoms with Gasteiger partial charge in [0.05, 0.1) is 6.10 Å². The summed E-state index contributed by atoms with van der Waals surface area (Å²) in [6.45, 7) is 3.81. The SMILES string of the molecule is C/C=C/COc1ccc([C@H](C)O)cc1F. The fourth-order valence-electron chi connectivity index (χ4n) is 1.13. The van der Waals surface area contributed by atoms with E-state index in [-0.39, 0.29) is 5.75 Å². The highest BCUT2D eigenvalue weighted by Crippen LogP contribution is 2.21. The lowest BCUT2D eigenvalue weighted by Crippen LogP contribution is -1.98. The number of rotatable bonds is 4. The maximum atomic E-state index is 13.4. The van der Waals surface area contributed by atoms with Crippen molar-refractivity contribution < 1.29 is 14.2 Å². The molecule has 1 rings (SSSR count). The molecule has 3 heteroatoms. The van der Waals surface area contributed by atoms with Gasteiger partial charge >= 0.3 is 0 Å². The summed E-state index contributed by atoms with van der Waals surface area (Å²) in [7, 11) is 0. The van der Waals surface area contributed by atoms with Gasteiger partial charge in [-0.25, -0.2) is 4.39 Å². The number of halogens is 1. The lowest BCUT2D eigenvalue weighted by Gasteiger charge is -2.08. The van der Waals surface area contributed by atoms with Crippen LogP contribution in [0.5, 0.6) is 5.75 Å². The second-order valence-corrected chi connectivity index (χ2v) is 3.25. The van der Waals surface area contributed by atoms with Gasteiger partial charge in [0.25, 0.3) is 0 Å². The zero-order chi connectivity index (χ0) is 11.3. The Hall–Kier alpha value is -1.35. The number of ether oxygens (including phenoxy) is 1. The summed E-state index contributed by atoms with van der Waals surface area (Å²) >= 11 is 0. The van der Waals surface area contributed by atoms with E-state index in [0.717, 1.165) is 0 Å². The average molecular weight is 210 g/mol. The molecule has 0 aliphatic carbocycles. The van der Waals surface area contributed by atoms with Crippen LogP contribution in [0.15, 0.2) is 30.4 Å². The predicted molar refractivity (Wildman–Crippen MR) is 57.3 cm³/mol. The maximum Gasteiger partial charge on any atom is 0.165 e. The Bertz CT molecular complexity index is 345. The summed E-state index contributed by atoms with van der Waals surface area (Å²) in [5.41, 5.74) is 0.547. The molecule has 0 fully saturated rings. The minimum atomic E-state index is -0.663. The molecule has 0 spiro atoms. The van der Waals surface area contributed by atoms with Crippen LogP contribution in [0.4, 0.5) is 4.39 Å². The number of benzene rings is 1. The van der Waals surface area contributed by atoms with Crippen LogP contribution in [0.2, 0.25) is 0 Å². The predicted octanol–water partition coefficient (Wildman–Crippen LogP) is 2.83. The number of aliphatic hydroxyl groups excluding tert-OH is 1. The third kappa shape index (κ3) is 3.36. The molecule has 0 aliphatic rings. The van der Waals surface area contributed by atoms with Gasteiger partial charge in [-0.2, -0.15) is 0 Å². The Kier molecular flexibility index (Phi) is 4.31. The molecule has 2 nitrogen and oxygen atoms in total. The number of hydrogen-bond acceptors (Lipinski definition) is 2. The largest absolute Gasteiger partial charge is 0.486 e. The van der Waals surface area contributed by atoms with Crippen LogP contribution in [0.25, 0.3) is 0 Å². The van der Waals surface area contributed by atoms with E-state index in [4.69, 9.17) is 4.74 Å². The molecule has 0 saturated carbocycles. The van der Waals surface area contributed by atoms with Gasteiger partial charge in [-0.15, -0.1) is 0 Å². The molecule has 0 unspecified atom stereocenters. The number of aliphatic hydroxyl groups is 1. The van der Waals surface area contributed by atoms with Crippen LogP contribution in [-0.2, 0) is 0 Å². The van der Waals surface area contributed by atoms with Gasteiger partial charge in [-0.1, -0.05) is 18.2 Å². The zero-order valence-electron chi connectivity index (χ0n) is 8.90. The smallest absolute Gasteiger partial charge is 0.165 e. The third-order valence-corrected chi connectivity index (χ3v) is 2.01. The second-order valence-electron chi connectivity index (χ2n) is 3.25. The Morgan fingerprint density at radius 2 is 2.27 bits per heavy atom. The van der Waals surface area contributed by atoms with Crippen LogP contribution < -0.4 is 4.74 Å². The van der Waals surface area contributed by atoms with Crippen molar-refractivity contribution in [3.8, 4) is 5.75 Å². The van der Waals surface area contributed by atoms with Crippen molar-refractivity contribution in [2.75, 3.05) is 6.61 Å². The Morgan fingerprint density at radius 3 is 2.80 bits per heavy atom. The molecule has 1 N–H and O–H groups in total. The van der Waals surface area contributed by atoms with Crippen molar-refractivity contribution in [3.05, 3.63) is 41.7 Å². The van der Waals surface area contributed by atoms with Gasteiger partial charge in [0.1, 0.15) is 6.61 Å². The summed E-state index contributed by atoms with van der Waals surface area (Å²) in [6.07, 6.45) is 2.97. The summed E-state index contributed by atoms with van der Waals surface area (Å²) in [5, 5.41) is 9.23. The van der Waals surface area contributed by atoms with E-state index in [0.29, 0.717) is 12.2 Å². The molecule has 0 bridgehead atoms. The lowest BCUT2D eigenvalue weighted by atomic mass is 10.1. The summed E-state index contributed by atoms with van der Waals surface area (Å²) in [6, 6.07) is 4.47. The van der Waals surface area contributed by atoms with E-state index in [2.05, 4.69) is 0 Å². The van der Waals surface area contributed by atoms with Crippen molar-refractivity contribution >= 4 is 0 Å². The zero-order valence-corrected chi connectivity index (χ0v) is 8.90. The first-order valence-electron chi connectivity index (χ1n) is 4.86. The first-order valence-corrected chi connectivity index (χ1v) is 4.86. The molecule has 0 saturated heterocycles. The Morgan fingerprint density at radius 1 is 1.53 bits per heavy atom. The van der Waals surface area contributed by atoms with E-state index in [1.54, 1.807) is 19.1 Å². The average Bonchev–Trinajstić information content (AvgIpc) is 2.20. The van der Waals surface area contributed by atoms with Crippen LogP contribution in [0.1, 0.15) is 25.5 Å². The molecule has 0 amide bonds. The van der Waals surface area contributed by atoms with Crippen LogP contribution >= 0.6 is 0 Å². The highest BCUT2D eigenvalue weighted by atomic mass is 19.1. The first kappa shape index (κ1) is 11.7. The molecular formula is C12H15FO2. The number of allylic oxidation sites excluding steroid dienone is 1. The first-order chi connectivity index (χ1) is 7.15. The fourth-order valence-corrected chi connectivity index (χ4v) is 1.13. The quantitative estimate of drug-likeness (QED) is 0.774. The molecule has 1 aromatic rings. The van der Waals surface area contributed by atoms with Gasteiger partial charge in [0.15, 0.2) is 11.6 Å². The van der Waals surface area contributed by atoms with Crippen LogP contribution in [0, 0.1) is 5.82 Å². The molecule has 1 atom stereocenters. The highest BCUT2D eigenvalue weighted by Gasteiger charge is 2.07. The highest BCUT2D eigenvalue weighted by molar-refractivity contribution is 5.30. The normalized spacial score (nSPS) is 13.1. The summed E-state index contributed by atoms with van der Waals surface area (Å²) < 4.78 is 18.5. The van der Waals surface area contributed by atoms with Crippen molar-refractivity contribution in [1.82, 2.24) is 0 Å². The Balaban J connectivity index is 2.74. The van der Waals surface area contributed by atoms with Crippen molar-refractivity contribution in [2.24, 2.45) is 0 Å². The maximum absolute atomic E-state index is 13.4. The summed E-state index contributed by atoms with van der Waals surface area (Å²) in [4.78, 5) is 0. The van der Waals surface area contributed by atoms with Crippen LogP contribution in [0.3, 0.4) is 0 Å². The van der Waals surface area contributed by atoms with E-state index in [1.807, 2.05) is 13.0 Å². The molecule has 0 radical (unpaired) electrons. The molecule has 0 heterocycles. The summed E-state index contributed by atoms with van der Waals surface area (Å²) in [5.74, 6) is -0.240. The van der Waals surface area contributed by atoms with Crippen molar-refractivity contribution in [1.29, 1.82) is 0 Å². The fraction of sp³-hybridized carbons (Fsp3) is 0.333. The monoisotopic (exact) mass is 210 g/mol. The van der Waals surface area contributed by atoms with Gasteiger partial charge < -0.3 is 9.84 Å². The Labute approximate surface area is 89.0 Å². The van der Waals surface area contributed by atoms with Crippen LogP contribution in [-0.4, -0.2) is 11.7 Å². The van der Waals surface area contributed by atoms with Gasteiger partial charge in [0, 0.05) is 0 Å². The second kappa shape index (κ2) is 5.51. The van der Waals surface area contributed by atoms with Gasteiger partial charge in [-0.3, -0.25) is 0 Å². The van der Waals surface area contributed by atoms with Gasteiger partial charge in [0.2, 0.25) is 0 Å². The van der Waals surface area contributed by atoms with E-state index < -0.39 is 11.9 Å². The van der Waals surface area contributed by atoms with E-state index in [1.165, 1.54) is 12.1 Å². The minimum Gasteiger partial charge on any atom is -0.486 e. The third-order valence-electron chi connectivity index (χ3n) is 2.01. The van der Waals surface area contributed by atoms with E-state index >= 15 is 0 Å². The van der Waals surface area contributed by atoms with E-state index in [9.17, 15) is 9.50 Å². The van der Waals surface area contributed by atoms with Crippen molar-refractivity contribution in [3.63, 3.8) is 0 Å². The van der Waals surface area contributed by atoms with Crippen molar-refractivity contribution in [2.45, 2.75) is 20.0 Å². The minimum absolute atomic E-state index is 0.206. The molecule has 1 aromatic carbocycles. The molecule has 15 heavy (non-hydrogen) atoms. The topological polar surface area (TPSA) is 29.5 Å². The lowest BCUT2D eigenvalue weighted by molar-refractivity contribution is 0.198. The molecule has 82 valence electrons. The standard InChI is InChI=1S/C12H15FO2/c1-3-4-7-15-12-6-5-10(9(2)14)8-11(12)13/h3-6,8-9,14H,7H2,1-2H3/b4-3+/t9-/m0/s1. The number of hydrogen-bond donors (Lipinski definition) is 1. The molecule has 0 aliphatic heterocycles. The molecular weight excluding hydrogens is 195 g/mol.